The van der Waals surface area contributed by atoms with Gasteiger partial charge in [-0.05, 0) is 24.3 Å². The molecule has 0 bridgehead atoms. The summed E-state index contributed by atoms with van der Waals surface area (Å²) in [6.45, 7) is 0. The number of nitrogen functional groups attached to an aromatic ring is 1. The van der Waals surface area contributed by atoms with Crippen LogP contribution in [-0.2, 0) is 0 Å². The van der Waals surface area contributed by atoms with Crippen LogP contribution in [0.2, 0.25) is 10.0 Å². The highest BCUT2D eigenvalue weighted by Crippen LogP contribution is 2.40. The van der Waals surface area contributed by atoms with Gasteiger partial charge in [0.2, 0.25) is 0 Å². The molecule has 2 N–H and O–H groups in total. The van der Waals surface area contributed by atoms with E-state index in [1.165, 1.54) is 17.8 Å². The fraction of sp³-hybridized carbons (Fsp3) is 0. The summed E-state index contributed by atoms with van der Waals surface area (Å²) >= 11 is 13.2. The Balaban J connectivity index is 2.40. The van der Waals surface area contributed by atoms with Crippen molar-refractivity contribution in [2.75, 3.05) is 5.73 Å². The minimum atomic E-state index is -0.304. The molecule has 5 heteroatoms. The van der Waals surface area contributed by atoms with E-state index in [2.05, 4.69) is 0 Å². The molecule has 0 aromatic heterocycles. The summed E-state index contributed by atoms with van der Waals surface area (Å²) in [6, 6.07) is 9.63. The number of rotatable bonds is 2. The second kappa shape index (κ2) is 5.17. The Morgan fingerprint density at radius 2 is 1.65 bits per heavy atom. The third-order valence-corrected chi connectivity index (χ3v) is 4.08. The minimum absolute atomic E-state index is 0.304. The average molecular weight is 288 g/mol. The maximum atomic E-state index is 13.5. The van der Waals surface area contributed by atoms with Crippen LogP contribution in [0.4, 0.5) is 10.1 Å². The molecule has 0 aliphatic carbocycles. The first-order valence-corrected chi connectivity index (χ1v) is 6.32. The highest BCUT2D eigenvalue weighted by atomic mass is 35.5. The van der Waals surface area contributed by atoms with Crippen LogP contribution >= 0.6 is 35.0 Å². The number of hydrogen-bond donors (Lipinski definition) is 1. The first-order chi connectivity index (χ1) is 8.08. The number of halogens is 3. The summed E-state index contributed by atoms with van der Waals surface area (Å²) in [5, 5.41) is 0.839. The van der Waals surface area contributed by atoms with Gasteiger partial charge in [-0.25, -0.2) is 4.39 Å². The van der Waals surface area contributed by atoms with Gasteiger partial charge in [0, 0.05) is 15.5 Å². The Bertz CT molecular complexity index is 537. The van der Waals surface area contributed by atoms with Crippen molar-refractivity contribution in [3.8, 4) is 0 Å². The second-order valence-corrected chi connectivity index (χ2v) is 5.21. The molecular formula is C12H8Cl2FNS. The van der Waals surface area contributed by atoms with Crippen molar-refractivity contribution in [3.05, 3.63) is 52.3 Å². The van der Waals surface area contributed by atoms with Crippen LogP contribution < -0.4 is 5.73 Å². The Morgan fingerprint density at radius 3 is 2.24 bits per heavy atom. The molecule has 0 amide bonds. The molecule has 1 nitrogen and oxygen atoms in total. The normalized spacial score (nSPS) is 10.5. The van der Waals surface area contributed by atoms with E-state index in [0.29, 0.717) is 25.5 Å². The fourth-order valence-corrected chi connectivity index (χ4v) is 2.89. The number of hydrogen-bond acceptors (Lipinski definition) is 2. The molecule has 17 heavy (non-hydrogen) atoms. The first-order valence-electron chi connectivity index (χ1n) is 4.75. The van der Waals surface area contributed by atoms with E-state index in [9.17, 15) is 4.39 Å². The van der Waals surface area contributed by atoms with Crippen LogP contribution in [0, 0.1) is 5.82 Å². The molecule has 0 radical (unpaired) electrons. The molecule has 0 heterocycles. The van der Waals surface area contributed by atoms with Crippen molar-refractivity contribution in [2.45, 2.75) is 9.79 Å². The van der Waals surface area contributed by atoms with Crippen molar-refractivity contribution in [2.24, 2.45) is 0 Å². The molecule has 0 fully saturated rings. The molecule has 0 atom stereocenters. The summed E-state index contributed by atoms with van der Waals surface area (Å²) < 4.78 is 13.5. The van der Waals surface area contributed by atoms with Gasteiger partial charge in [0.1, 0.15) is 5.82 Å². The maximum absolute atomic E-state index is 13.5. The van der Waals surface area contributed by atoms with Crippen LogP contribution in [0.5, 0.6) is 0 Å². The first kappa shape index (κ1) is 12.6. The van der Waals surface area contributed by atoms with E-state index >= 15 is 0 Å². The summed E-state index contributed by atoms with van der Waals surface area (Å²) in [7, 11) is 0. The highest BCUT2D eigenvalue weighted by Gasteiger charge is 2.11. The zero-order chi connectivity index (χ0) is 12.4. The van der Waals surface area contributed by atoms with Gasteiger partial charge in [-0.1, -0.05) is 47.1 Å². The lowest BCUT2D eigenvalue weighted by Gasteiger charge is -2.08. The zero-order valence-corrected chi connectivity index (χ0v) is 10.9. The van der Waals surface area contributed by atoms with E-state index in [1.807, 2.05) is 0 Å². The monoisotopic (exact) mass is 287 g/mol. The molecule has 0 unspecified atom stereocenters. The molecular weight excluding hydrogens is 280 g/mol. The second-order valence-electron chi connectivity index (χ2n) is 3.35. The number of benzene rings is 2. The van der Waals surface area contributed by atoms with Gasteiger partial charge in [0.05, 0.1) is 10.0 Å². The molecule has 2 aromatic rings. The lowest BCUT2D eigenvalue weighted by molar-refractivity contribution is 0.602. The quantitative estimate of drug-likeness (QED) is 0.798. The van der Waals surface area contributed by atoms with Crippen molar-refractivity contribution in [3.63, 3.8) is 0 Å². The van der Waals surface area contributed by atoms with E-state index in [4.69, 9.17) is 28.9 Å². The fourth-order valence-electron chi connectivity index (χ4n) is 1.31. The standard InChI is InChI=1S/C12H8Cl2FNS/c13-8-5-7(16)6-9(14)12(8)17-11-4-2-1-3-10(11)15/h1-6H,16H2. The summed E-state index contributed by atoms with van der Waals surface area (Å²) in [6.07, 6.45) is 0. The predicted octanol–water partition coefficient (Wildman–Crippen LogP) is 4.87. The third-order valence-electron chi connectivity index (χ3n) is 2.07. The summed E-state index contributed by atoms with van der Waals surface area (Å²) in [5.41, 5.74) is 6.08. The Morgan fingerprint density at radius 1 is 1.06 bits per heavy atom. The molecule has 88 valence electrons. The van der Waals surface area contributed by atoms with E-state index in [0.717, 1.165) is 0 Å². The molecule has 0 spiro atoms. The van der Waals surface area contributed by atoms with Gasteiger partial charge >= 0.3 is 0 Å². The minimum Gasteiger partial charge on any atom is -0.399 e. The van der Waals surface area contributed by atoms with Crippen molar-refractivity contribution >= 4 is 40.7 Å². The Hall–Kier alpha value is -0.900. The zero-order valence-electron chi connectivity index (χ0n) is 8.58. The molecule has 2 aromatic carbocycles. The van der Waals surface area contributed by atoms with Crippen LogP contribution in [0.1, 0.15) is 0 Å². The molecule has 0 saturated heterocycles. The Labute approximate surface area is 113 Å². The predicted molar refractivity (Wildman–Crippen MR) is 71.4 cm³/mol. The smallest absolute Gasteiger partial charge is 0.137 e. The van der Waals surface area contributed by atoms with Crippen LogP contribution in [0.3, 0.4) is 0 Å². The maximum Gasteiger partial charge on any atom is 0.137 e. The van der Waals surface area contributed by atoms with Crippen LogP contribution in [0.25, 0.3) is 0 Å². The lowest BCUT2D eigenvalue weighted by atomic mass is 10.3. The van der Waals surface area contributed by atoms with Crippen molar-refractivity contribution < 1.29 is 4.39 Å². The highest BCUT2D eigenvalue weighted by molar-refractivity contribution is 7.99. The third kappa shape index (κ3) is 2.86. The van der Waals surface area contributed by atoms with Gasteiger partial charge in [0.25, 0.3) is 0 Å². The van der Waals surface area contributed by atoms with Crippen LogP contribution in [0.15, 0.2) is 46.2 Å². The molecule has 0 aliphatic heterocycles. The Kier molecular flexibility index (Phi) is 3.82. The topological polar surface area (TPSA) is 26.0 Å². The van der Waals surface area contributed by atoms with Gasteiger partial charge in [-0.2, -0.15) is 0 Å². The van der Waals surface area contributed by atoms with Crippen molar-refractivity contribution in [1.29, 1.82) is 0 Å². The molecule has 2 rings (SSSR count). The number of nitrogens with two attached hydrogens (primary N) is 1. The SMILES string of the molecule is Nc1cc(Cl)c(Sc2ccccc2F)c(Cl)c1. The largest absolute Gasteiger partial charge is 0.399 e. The van der Waals surface area contributed by atoms with Gasteiger partial charge in [-0.15, -0.1) is 0 Å². The van der Waals surface area contributed by atoms with Gasteiger partial charge in [-0.3, -0.25) is 0 Å². The lowest BCUT2D eigenvalue weighted by Crippen LogP contribution is -1.87. The van der Waals surface area contributed by atoms with Crippen LogP contribution in [-0.4, -0.2) is 0 Å². The van der Waals surface area contributed by atoms with E-state index < -0.39 is 0 Å². The summed E-state index contributed by atoms with van der Waals surface area (Å²) in [5.74, 6) is -0.304. The van der Waals surface area contributed by atoms with Crippen molar-refractivity contribution in [1.82, 2.24) is 0 Å². The molecule has 0 aliphatic rings. The van der Waals surface area contributed by atoms with Gasteiger partial charge in [0.15, 0.2) is 0 Å². The number of anilines is 1. The van der Waals surface area contributed by atoms with E-state index in [1.54, 1.807) is 30.3 Å². The summed E-state index contributed by atoms with van der Waals surface area (Å²) in [4.78, 5) is 1.08. The average Bonchev–Trinajstić information content (AvgIpc) is 2.25. The van der Waals surface area contributed by atoms with E-state index in [-0.39, 0.29) is 5.82 Å². The van der Waals surface area contributed by atoms with Gasteiger partial charge < -0.3 is 5.73 Å². The molecule has 0 saturated carbocycles.